The van der Waals surface area contributed by atoms with Gasteiger partial charge in [-0.25, -0.2) is 0 Å². The van der Waals surface area contributed by atoms with Crippen molar-refractivity contribution in [3.8, 4) is 0 Å². The van der Waals surface area contributed by atoms with E-state index in [4.69, 9.17) is 0 Å². The monoisotopic (exact) mass is 181 g/mol. The molecule has 1 saturated carbocycles. The van der Waals surface area contributed by atoms with Crippen LogP contribution in [-0.2, 0) is 4.79 Å². The summed E-state index contributed by atoms with van der Waals surface area (Å²) in [6, 6.07) is 0. The molecular formula is C11H19NO. The van der Waals surface area contributed by atoms with Gasteiger partial charge in [-0.15, -0.1) is 0 Å². The third-order valence-corrected chi connectivity index (χ3v) is 3.77. The van der Waals surface area contributed by atoms with Gasteiger partial charge in [-0.1, -0.05) is 19.8 Å². The van der Waals surface area contributed by atoms with Gasteiger partial charge in [0.25, 0.3) is 0 Å². The number of hydrogen-bond acceptors (Lipinski definition) is 1. The van der Waals surface area contributed by atoms with Gasteiger partial charge in [0.05, 0.1) is 0 Å². The number of hydrogen-bond donors (Lipinski definition) is 1. The maximum atomic E-state index is 11.4. The van der Waals surface area contributed by atoms with Crippen LogP contribution in [0.5, 0.6) is 0 Å². The number of fused-ring (bicyclic) bond motifs is 2. The SMILES string of the molecule is CCCCC12CCC(C1)C(=O)NC2. The van der Waals surface area contributed by atoms with E-state index in [2.05, 4.69) is 12.2 Å². The number of amides is 1. The van der Waals surface area contributed by atoms with Crippen LogP contribution in [0.1, 0.15) is 45.4 Å². The molecule has 1 N–H and O–H groups in total. The number of nitrogens with one attached hydrogen (secondary N) is 1. The molecule has 1 amide bonds. The van der Waals surface area contributed by atoms with Crippen molar-refractivity contribution >= 4 is 5.91 Å². The van der Waals surface area contributed by atoms with Gasteiger partial charge in [0.2, 0.25) is 5.91 Å². The highest BCUT2D eigenvalue weighted by atomic mass is 16.2. The minimum atomic E-state index is 0.310. The lowest BCUT2D eigenvalue weighted by Gasteiger charge is -2.33. The molecule has 2 aliphatic rings. The number of carbonyl (C=O) groups is 1. The summed E-state index contributed by atoms with van der Waals surface area (Å²) in [4.78, 5) is 11.4. The minimum Gasteiger partial charge on any atom is -0.355 e. The molecule has 0 aromatic heterocycles. The molecular weight excluding hydrogens is 162 g/mol. The number of rotatable bonds is 3. The second kappa shape index (κ2) is 3.32. The number of unbranched alkanes of at least 4 members (excludes halogenated alkanes) is 1. The zero-order valence-electron chi connectivity index (χ0n) is 8.44. The van der Waals surface area contributed by atoms with Crippen molar-refractivity contribution in [2.45, 2.75) is 45.4 Å². The molecule has 1 saturated heterocycles. The van der Waals surface area contributed by atoms with E-state index in [9.17, 15) is 4.79 Å². The zero-order chi connectivity index (χ0) is 9.31. The van der Waals surface area contributed by atoms with Crippen molar-refractivity contribution in [3.05, 3.63) is 0 Å². The highest BCUT2D eigenvalue weighted by Gasteiger charge is 2.45. The first-order valence-corrected chi connectivity index (χ1v) is 5.53. The van der Waals surface area contributed by atoms with E-state index in [-0.39, 0.29) is 0 Å². The molecule has 2 rings (SSSR count). The van der Waals surface area contributed by atoms with Crippen molar-refractivity contribution in [2.75, 3.05) is 6.54 Å². The molecule has 1 heterocycles. The molecule has 1 aliphatic heterocycles. The van der Waals surface area contributed by atoms with Crippen molar-refractivity contribution < 1.29 is 4.79 Å². The Kier molecular flexibility index (Phi) is 2.31. The van der Waals surface area contributed by atoms with Crippen molar-refractivity contribution in [3.63, 3.8) is 0 Å². The molecule has 1 aliphatic carbocycles. The third-order valence-electron chi connectivity index (χ3n) is 3.77. The smallest absolute Gasteiger partial charge is 0.223 e. The molecule has 2 heteroatoms. The summed E-state index contributed by atoms with van der Waals surface area (Å²) in [5.41, 5.74) is 0.495. The van der Waals surface area contributed by atoms with Gasteiger partial charge in [-0.3, -0.25) is 4.79 Å². The van der Waals surface area contributed by atoms with E-state index in [1.807, 2.05) is 0 Å². The van der Waals surface area contributed by atoms with Crippen LogP contribution in [-0.4, -0.2) is 12.5 Å². The first-order valence-electron chi connectivity index (χ1n) is 5.53. The second-order valence-corrected chi connectivity index (χ2v) is 4.76. The van der Waals surface area contributed by atoms with Crippen molar-refractivity contribution in [1.29, 1.82) is 0 Å². The quantitative estimate of drug-likeness (QED) is 0.709. The lowest BCUT2D eigenvalue weighted by atomic mass is 9.78. The zero-order valence-corrected chi connectivity index (χ0v) is 8.44. The van der Waals surface area contributed by atoms with E-state index >= 15 is 0 Å². The summed E-state index contributed by atoms with van der Waals surface area (Å²) in [7, 11) is 0. The van der Waals surface area contributed by atoms with Gasteiger partial charge in [-0.05, 0) is 31.1 Å². The Morgan fingerprint density at radius 2 is 2.46 bits per heavy atom. The molecule has 2 atom stereocenters. The first kappa shape index (κ1) is 9.04. The normalized spacial score (nSPS) is 37.6. The van der Waals surface area contributed by atoms with E-state index in [1.165, 1.54) is 32.1 Å². The van der Waals surface area contributed by atoms with Crippen molar-refractivity contribution in [2.24, 2.45) is 11.3 Å². The van der Waals surface area contributed by atoms with E-state index in [0.717, 1.165) is 13.0 Å². The van der Waals surface area contributed by atoms with Gasteiger partial charge >= 0.3 is 0 Å². The van der Waals surface area contributed by atoms with Crippen LogP contribution in [0.4, 0.5) is 0 Å². The van der Waals surface area contributed by atoms with Crippen LogP contribution >= 0.6 is 0 Å². The third kappa shape index (κ3) is 1.59. The summed E-state index contributed by atoms with van der Waals surface area (Å²) in [5.74, 6) is 0.662. The Labute approximate surface area is 80.1 Å². The number of carbonyl (C=O) groups excluding carboxylic acids is 1. The Morgan fingerprint density at radius 3 is 3.23 bits per heavy atom. The topological polar surface area (TPSA) is 29.1 Å². The van der Waals surface area contributed by atoms with Gasteiger partial charge in [-0.2, -0.15) is 0 Å². The van der Waals surface area contributed by atoms with Gasteiger partial charge < -0.3 is 5.32 Å². The standard InChI is InChI=1S/C11H19NO/c1-2-3-5-11-6-4-9(7-11)10(13)12-8-11/h9H,2-8H2,1H3,(H,12,13). The van der Waals surface area contributed by atoms with Gasteiger partial charge in [0, 0.05) is 12.5 Å². The van der Waals surface area contributed by atoms with Gasteiger partial charge in [0.15, 0.2) is 0 Å². The summed E-state index contributed by atoms with van der Waals surface area (Å²) < 4.78 is 0. The summed E-state index contributed by atoms with van der Waals surface area (Å²) >= 11 is 0. The minimum absolute atomic E-state index is 0.310. The molecule has 0 aromatic rings. The lowest BCUT2D eigenvalue weighted by Crippen LogP contribution is -2.43. The fraction of sp³-hybridized carbons (Fsp3) is 0.909. The highest BCUT2D eigenvalue weighted by Crippen LogP contribution is 2.47. The molecule has 2 fully saturated rings. The molecule has 13 heavy (non-hydrogen) atoms. The Balaban J connectivity index is 1.98. The maximum Gasteiger partial charge on any atom is 0.223 e. The highest BCUT2D eigenvalue weighted by molar-refractivity contribution is 5.80. The fourth-order valence-electron chi connectivity index (χ4n) is 2.88. The van der Waals surface area contributed by atoms with Crippen LogP contribution in [0.2, 0.25) is 0 Å². The Morgan fingerprint density at radius 1 is 1.62 bits per heavy atom. The average molecular weight is 181 g/mol. The predicted octanol–water partition coefficient (Wildman–Crippen LogP) is 2.09. The molecule has 74 valence electrons. The molecule has 0 radical (unpaired) electrons. The summed E-state index contributed by atoms with van der Waals surface area (Å²) in [6.07, 6.45) is 7.49. The summed E-state index contributed by atoms with van der Waals surface area (Å²) in [6.45, 7) is 3.19. The molecule has 2 nitrogen and oxygen atoms in total. The van der Waals surface area contributed by atoms with Crippen LogP contribution in [0, 0.1) is 11.3 Å². The first-order chi connectivity index (χ1) is 6.26. The average Bonchev–Trinajstić information content (AvgIpc) is 2.51. The predicted molar refractivity (Wildman–Crippen MR) is 52.3 cm³/mol. The van der Waals surface area contributed by atoms with Crippen LogP contribution in [0.15, 0.2) is 0 Å². The number of piperidine rings is 1. The Hall–Kier alpha value is -0.530. The Bertz CT molecular complexity index is 214. The summed E-state index contributed by atoms with van der Waals surface area (Å²) in [5, 5.41) is 3.05. The molecule has 2 bridgehead atoms. The van der Waals surface area contributed by atoms with E-state index in [1.54, 1.807) is 0 Å². The fourth-order valence-corrected chi connectivity index (χ4v) is 2.88. The lowest BCUT2D eigenvalue weighted by molar-refractivity contribution is -0.127. The van der Waals surface area contributed by atoms with E-state index < -0.39 is 0 Å². The molecule has 0 aromatic carbocycles. The van der Waals surface area contributed by atoms with Crippen LogP contribution in [0.3, 0.4) is 0 Å². The largest absolute Gasteiger partial charge is 0.355 e. The molecule has 2 unspecified atom stereocenters. The van der Waals surface area contributed by atoms with E-state index in [0.29, 0.717) is 17.2 Å². The van der Waals surface area contributed by atoms with Crippen molar-refractivity contribution in [1.82, 2.24) is 5.32 Å². The maximum absolute atomic E-state index is 11.4. The molecule has 0 spiro atoms. The second-order valence-electron chi connectivity index (χ2n) is 4.76. The van der Waals surface area contributed by atoms with Crippen LogP contribution in [0.25, 0.3) is 0 Å². The van der Waals surface area contributed by atoms with Gasteiger partial charge in [0.1, 0.15) is 0 Å². The van der Waals surface area contributed by atoms with Crippen LogP contribution < -0.4 is 5.32 Å².